The van der Waals surface area contributed by atoms with E-state index in [-0.39, 0.29) is 42.4 Å². The number of anilines is 1. The number of fused-ring (bicyclic) bond motifs is 1. The standard InChI is InChI=1S/C18H22N4O2.HI/c19-18(21-12-17(23)20-11-14-7-4-10-24-14)22-16-9-3-6-13-5-1-2-8-15(13)16;/h3-4,6-7,9-10H,1-2,5,8,11-12H2,(H,20,23)(H3,19,21,22);1H. The van der Waals surface area contributed by atoms with Crippen LogP contribution in [-0.4, -0.2) is 18.4 Å². The molecule has 0 aliphatic heterocycles. The molecule has 0 spiro atoms. The highest BCUT2D eigenvalue weighted by Crippen LogP contribution is 2.27. The first-order valence-corrected chi connectivity index (χ1v) is 8.19. The van der Waals surface area contributed by atoms with Gasteiger partial charge in [-0.15, -0.1) is 24.0 Å². The van der Waals surface area contributed by atoms with Crippen LogP contribution in [-0.2, 0) is 24.2 Å². The van der Waals surface area contributed by atoms with Gasteiger partial charge in [-0.05, 0) is 55.0 Å². The van der Waals surface area contributed by atoms with Gasteiger partial charge in [0.2, 0.25) is 5.91 Å². The molecule has 25 heavy (non-hydrogen) atoms. The number of nitrogens with one attached hydrogen (secondary N) is 2. The van der Waals surface area contributed by atoms with Crippen LogP contribution in [0.25, 0.3) is 0 Å². The first kappa shape index (κ1) is 19.3. The van der Waals surface area contributed by atoms with Gasteiger partial charge in [0.05, 0.1) is 12.8 Å². The normalized spacial score (nSPS) is 13.5. The number of furan rings is 1. The third kappa shape index (κ3) is 5.48. The van der Waals surface area contributed by atoms with E-state index in [4.69, 9.17) is 10.2 Å². The number of aryl methyl sites for hydroxylation is 1. The molecule has 1 aromatic heterocycles. The van der Waals surface area contributed by atoms with Crippen molar-refractivity contribution in [3.8, 4) is 0 Å². The third-order valence-corrected chi connectivity index (χ3v) is 4.09. The van der Waals surface area contributed by atoms with E-state index in [1.54, 1.807) is 18.4 Å². The average Bonchev–Trinajstić information content (AvgIpc) is 3.12. The summed E-state index contributed by atoms with van der Waals surface area (Å²) in [6, 6.07) is 9.77. The number of guanidine groups is 1. The highest BCUT2D eigenvalue weighted by Gasteiger charge is 2.13. The number of hydrogen-bond donors (Lipinski definition) is 3. The van der Waals surface area contributed by atoms with E-state index in [2.05, 4.69) is 21.7 Å². The summed E-state index contributed by atoms with van der Waals surface area (Å²) in [5.41, 5.74) is 9.59. The lowest BCUT2D eigenvalue weighted by Gasteiger charge is -2.19. The lowest BCUT2D eigenvalue weighted by Crippen LogP contribution is -2.29. The number of hydrogen-bond acceptors (Lipinski definition) is 3. The van der Waals surface area contributed by atoms with Gasteiger partial charge < -0.3 is 20.8 Å². The molecule has 4 N–H and O–H groups in total. The number of carbonyl (C=O) groups excluding carboxylic acids is 1. The number of rotatable bonds is 5. The van der Waals surface area contributed by atoms with E-state index in [0.29, 0.717) is 12.3 Å². The quantitative estimate of drug-likeness (QED) is 0.368. The number of benzene rings is 1. The SMILES string of the molecule is I.NC(=NCC(=O)NCc1ccco1)Nc1cccc2c1CCCC2. The van der Waals surface area contributed by atoms with E-state index >= 15 is 0 Å². The van der Waals surface area contributed by atoms with Crippen molar-refractivity contribution in [3.63, 3.8) is 0 Å². The van der Waals surface area contributed by atoms with Gasteiger partial charge >= 0.3 is 0 Å². The summed E-state index contributed by atoms with van der Waals surface area (Å²) < 4.78 is 5.15. The van der Waals surface area contributed by atoms with Crippen LogP contribution in [0.5, 0.6) is 0 Å². The Morgan fingerprint density at radius 2 is 2.04 bits per heavy atom. The van der Waals surface area contributed by atoms with E-state index < -0.39 is 0 Å². The van der Waals surface area contributed by atoms with Crippen LogP contribution < -0.4 is 16.4 Å². The fourth-order valence-electron chi connectivity index (χ4n) is 2.89. The molecule has 0 atom stereocenters. The summed E-state index contributed by atoms with van der Waals surface area (Å²) >= 11 is 0. The molecule has 3 rings (SSSR count). The molecule has 1 aromatic carbocycles. The van der Waals surface area contributed by atoms with Crippen molar-refractivity contribution in [2.45, 2.75) is 32.2 Å². The van der Waals surface area contributed by atoms with Crippen molar-refractivity contribution >= 4 is 41.5 Å². The van der Waals surface area contributed by atoms with Crippen molar-refractivity contribution in [2.24, 2.45) is 10.7 Å². The molecule has 1 amide bonds. The maximum absolute atomic E-state index is 11.8. The monoisotopic (exact) mass is 454 g/mol. The second-order valence-electron chi connectivity index (χ2n) is 5.83. The van der Waals surface area contributed by atoms with Crippen molar-refractivity contribution < 1.29 is 9.21 Å². The molecule has 0 unspecified atom stereocenters. The summed E-state index contributed by atoms with van der Waals surface area (Å²) in [7, 11) is 0. The number of carbonyl (C=O) groups is 1. The zero-order chi connectivity index (χ0) is 16.8. The van der Waals surface area contributed by atoms with Crippen molar-refractivity contribution in [2.75, 3.05) is 11.9 Å². The summed E-state index contributed by atoms with van der Waals surface area (Å²) in [5.74, 6) is 0.753. The van der Waals surface area contributed by atoms with Crippen LogP contribution >= 0.6 is 24.0 Å². The van der Waals surface area contributed by atoms with Crippen LogP contribution in [0.15, 0.2) is 46.0 Å². The third-order valence-electron chi connectivity index (χ3n) is 4.09. The Morgan fingerprint density at radius 1 is 1.20 bits per heavy atom. The van der Waals surface area contributed by atoms with Gasteiger partial charge in [0.15, 0.2) is 5.96 Å². The highest BCUT2D eigenvalue weighted by atomic mass is 127. The van der Waals surface area contributed by atoms with Crippen molar-refractivity contribution in [1.82, 2.24) is 5.32 Å². The number of halogens is 1. The van der Waals surface area contributed by atoms with Gasteiger partial charge in [0.25, 0.3) is 0 Å². The maximum Gasteiger partial charge on any atom is 0.242 e. The number of nitrogens with two attached hydrogens (primary N) is 1. The van der Waals surface area contributed by atoms with Crippen LogP contribution in [0, 0.1) is 0 Å². The molecule has 0 radical (unpaired) electrons. The molecule has 134 valence electrons. The Morgan fingerprint density at radius 3 is 2.84 bits per heavy atom. The second kappa shape index (κ2) is 9.45. The fraction of sp³-hybridized carbons (Fsp3) is 0.333. The minimum Gasteiger partial charge on any atom is -0.467 e. The molecule has 0 fully saturated rings. The number of aliphatic imine (C=N–C) groups is 1. The van der Waals surface area contributed by atoms with Crippen molar-refractivity contribution in [3.05, 3.63) is 53.5 Å². The molecule has 1 aliphatic rings. The van der Waals surface area contributed by atoms with Crippen molar-refractivity contribution in [1.29, 1.82) is 0 Å². The topological polar surface area (TPSA) is 92.6 Å². The Labute approximate surface area is 164 Å². The molecule has 2 aromatic rings. The smallest absolute Gasteiger partial charge is 0.242 e. The molecular weight excluding hydrogens is 431 g/mol. The minimum atomic E-state index is -0.203. The minimum absolute atomic E-state index is 0. The van der Waals surface area contributed by atoms with Crippen LogP contribution in [0.3, 0.4) is 0 Å². The molecule has 0 saturated carbocycles. The molecular formula is C18H23IN4O2. The lowest BCUT2D eigenvalue weighted by molar-refractivity contribution is -0.119. The number of nitrogens with zero attached hydrogens (tertiary/aromatic N) is 1. The molecule has 1 heterocycles. The first-order valence-electron chi connectivity index (χ1n) is 8.19. The van der Waals surface area contributed by atoms with Gasteiger partial charge in [-0.25, -0.2) is 4.99 Å². The molecule has 6 nitrogen and oxygen atoms in total. The van der Waals surface area contributed by atoms with Gasteiger partial charge in [-0.1, -0.05) is 12.1 Å². The second-order valence-corrected chi connectivity index (χ2v) is 5.83. The zero-order valence-corrected chi connectivity index (χ0v) is 16.3. The largest absolute Gasteiger partial charge is 0.467 e. The van der Waals surface area contributed by atoms with E-state index in [1.165, 1.54) is 24.0 Å². The predicted octanol–water partition coefficient (Wildman–Crippen LogP) is 2.82. The summed E-state index contributed by atoms with van der Waals surface area (Å²) in [5, 5.41) is 5.86. The Balaban J connectivity index is 0.00000225. The van der Waals surface area contributed by atoms with Gasteiger partial charge in [-0.3, -0.25) is 4.79 Å². The highest BCUT2D eigenvalue weighted by molar-refractivity contribution is 14.0. The molecule has 7 heteroatoms. The van der Waals surface area contributed by atoms with E-state index in [0.717, 1.165) is 18.5 Å². The van der Waals surface area contributed by atoms with Gasteiger partial charge in [0.1, 0.15) is 12.3 Å². The summed E-state index contributed by atoms with van der Waals surface area (Å²) in [4.78, 5) is 15.9. The van der Waals surface area contributed by atoms with E-state index in [9.17, 15) is 4.79 Å². The molecule has 1 aliphatic carbocycles. The Hall–Kier alpha value is -2.03. The molecule has 0 bridgehead atoms. The maximum atomic E-state index is 11.8. The van der Waals surface area contributed by atoms with Crippen LogP contribution in [0.1, 0.15) is 29.7 Å². The first-order chi connectivity index (χ1) is 11.7. The van der Waals surface area contributed by atoms with Crippen LogP contribution in [0.4, 0.5) is 5.69 Å². The Bertz CT molecular complexity index is 729. The lowest BCUT2D eigenvalue weighted by atomic mass is 9.90. The Kier molecular flexibility index (Phi) is 7.30. The summed E-state index contributed by atoms with van der Waals surface area (Å²) in [6.07, 6.45) is 6.16. The van der Waals surface area contributed by atoms with Gasteiger partial charge in [0, 0.05) is 5.69 Å². The fourth-order valence-corrected chi connectivity index (χ4v) is 2.89. The van der Waals surface area contributed by atoms with Gasteiger partial charge in [-0.2, -0.15) is 0 Å². The van der Waals surface area contributed by atoms with E-state index in [1.807, 2.05) is 12.1 Å². The molecule has 0 saturated heterocycles. The summed E-state index contributed by atoms with van der Waals surface area (Å²) in [6.45, 7) is 0.329. The van der Waals surface area contributed by atoms with Crippen LogP contribution in [0.2, 0.25) is 0 Å². The predicted molar refractivity (Wildman–Crippen MR) is 109 cm³/mol. The zero-order valence-electron chi connectivity index (χ0n) is 14.0. The number of amides is 1. The average molecular weight is 454 g/mol.